The Kier molecular flexibility index (Phi) is 4.40. The summed E-state index contributed by atoms with van der Waals surface area (Å²) < 4.78 is 13.7. The highest BCUT2D eigenvalue weighted by atomic mass is 19.1. The molecule has 2 N–H and O–H groups in total. The summed E-state index contributed by atoms with van der Waals surface area (Å²) in [4.78, 5) is 0. The van der Waals surface area contributed by atoms with Gasteiger partial charge in [-0.1, -0.05) is 30.3 Å². The standard InChI is InChI=1S/C17H20FNO/c1-11-8-9-15(17(20)10-11)13(3)19-12(2)14-6-4-5-7-16(14)18/h4-10,12-13,19-20H,1-3H3/t12-,13?/m1/s1. The Bertz CT molecular complexity index is 597. The molecule has 0 aromatic heterocycles. The Hall–Kier alpha value is -1.87. The van der Waals surface area contributed by atoms with E-state index >= 15 is 0 Å². The maximum absolute atomic E-state index is 13.7. The Morgan fingerprint density at radius 3 is 2.30 bits per heavy atom. The molecule has 3 heteroatoms. The van der Waals surface area contributed by atoms with Gasteiger partial charge >= 0.3 is 0 Å². The van der Waals surface area contributed by atoms with Crippen LogP contribution in [0.25, 0.3) is 0 Å². The van der Waals surface area contributed by atoms with Crippen LogP contribution in [0, 0.1) is 12.7 Å². The van der Waals surface area contributed by atoms with Crippen molar-refractivity contribution in [3.05, 3.63) is 65.0 Å². The quantitative estimate of drug-likeness (QED) is 0.872. The van der Waals surface area contributed by atoms with Crippen molar-refractivity contribution in [2.45, 2.75) is 32.9 Å². The zero-order chi connectivity index (χ0) is 14.7. The number of phenolic OH excluding ortho intramolecular Hbond substituents is 1. The lowest BCUT2D eigenvalue weighted by molar-refractivity contribution is 0.433. The number of phenols is 1. The van der Waals surface area contributed by atoms with E-state index in [2.05, 4.69) is 5.32 Å². The van der Waals surface area contributed by atoms with E-state index in [4.69, 9.17) is 0 Å². The van der Waals surface area contributed by atoms with Crippen LogP contribution >= 0.6 is 0 Å². The molecule has 106 valence electrons. The van der Waals surface area contributed by atoms with Gasteiger partial charge in [-0.3, -0.25) is 0 Å². The van der Waals surface area contributed by atoms with Crippen molar-refractivity contribution in [3.63, 3.8) is 0 Å². The number of hydrogen-bond acceptors (Lipinski definition) is 2. The van der Waals surface area contributed by atoms with Crippen LogP contribution in [-0.2, 0) is 0 Å². The van der Waals surface area contributed by atoms with E-state index in [-0.39, 0.29) is 23.7 Å². The molecule has 0 aliphatic rings. The lowest BCUT2D eigenvalue weighted by Gasteiger charge is -2.22. The second-order valence-electron chi connectivity index (χ2n) is 5.19. The number of hydrogen-bond donors (Lipinski definition) is 2. The predicted molar refractivity (Wildman–Crippen MR) is 79.2 cm³/mol. The topological polar surface area (TPSA) is 32.3 Å². The van der Waals surface area contributed by atoms with Crippen molar-refractivity contribution >= 4 is 0 Å². The minimum absolute atomic E-state index is 0.0646. The number of benzene rings is 2. The van der Waals surface area contributed by atoms with Gasteiger partial charge in [-0.2, -0.15) is 0 Å². The van der Waals surface area contributed by atoms with Gasteiger partial charge in [0.25, 0.3) is 0 Å². The van der Waals surface area contributed by atoms with Gasteiger partial charge in [0.2, 0.25) is 0 Å². The number of rotatable bonds is 4. The fourth-order valence-corrected chi connectivity index (χ4v) is 2.40. The first-order chi connectivity index (χ1) is 9.49. The monoisotopic (exact) mass is 273 g/mol. The summed E-state index contributed by atoms with van der Waals surface area (Å²) in [6.07, 6.45) is 0. The molecule has 0 amide bonds. The molecule has 2 atom stereocenters. The largest absolute Gasteiger partial charge is 0.508 e. The van der Waals surface area contributed by atoms with Crippen LogP contribution < -0.4 is 5.32 Å². The first-order valence-corrected chi connectivity index (χ1v) is 6.79. The van der Waals surface area contributed by atoms with Crippen LogP contribution in [-0.4, -0.2) is 5.11 Å². The summed E-state index contributed by atoms with van der Waals surface area (Å²) in [6.45, 7) is 5.81. The summed E-state index contributed by atoms with van der Waals surface area (Å²) in [7, 11) is 0. The van der Waals surface area contributed by atoms with Crippen molar-refractivity contribution in [1.82, 2.24) is 5.32 Å². The summed E-state index contributed by atoms with van der Waals surface area (Å²) in [5, 5.41) is 13.3. The SMILES string of the molecule is Cc1ccc(C(C)N[C@H](C)c2ccccc2F)c(O)c1. The first kappa shape index (κ1) is 14.5. The van der Waals surface area contributed by atoms with E-state index < -0.39 is 0 Å². The van der Waals surface area contributed by atoms with Crippen molar-refractivity contribution in [2.24, 2.45) is 0 Å². The highest BCUT2D eigenvalue weighted by molar-refractivity contribution is 5.38. The third-order valence-corrected chi connectivity index (χ3v) is 3.52. The molecule has 0 saturated heterocycles. The molecule has 0 heterocycles. The molecular formula is C17H20FNO. The Labute approximate surface area is 119 Å². The molecule has 1 unspecified atom stereocenters. The van der Waals surface area contributed by atoms with Gasteiger partial charge in [-0.05, 0) is 38.5 Å². The molecule has 0 aliphatic heterocycles. The number of halogens is 1. The molecule has 0 spiro atoms. The maximum Gasteiger partial charge on any atom is 0.127 e. The maximum atomic E-state index is 13.7. The summed E-state index contributed by atoms with van der Waals surface area (Å²) >= 11 is 0. The third-order valence-electron chi connectivity index (χ3n) is 3.52. The molecule has 0 saturated carbocycles. The summed E-state index contributed by atoms with van der Waals surface area (Å²) in [5.74, 6) is 0.0542. The fraction of sp³-hybridized carbons (Fsp3) is 0.294. The molecule has 2 nitrogen and oxygen atoms in total. The van der Waals surface area contributed by atoms with Crippen LogP contribution in [0.1, 0.15) is 42.6 Å². The zero-order valence-corrected chi connectivity index (χ0v) is 12.0. The van der Waals surface area contributed by atoms with Gasteiger partial charge in [0.15, 0.2) is 0 Å². The molecule has 0 radical (unpaired) electrons. The van der Waals surface area contributed by atoms with Gasteiger partial charge in [-0.25, -0.2) is 4.39 Å². The second-order valence-corrected chi connectivity index (χ2v) is 5.19. The average Bonchev–Trinajstić information content (AvgIpc) is 2.38. The van der Waals surface area contributed by atoms with E-state index in [0.29, 0.717) is 5.56 Å². The Morgan fingerprint density at radius 1 is 1.00 bits per heavy atom. The van der Waals surface area contributed by atoms with Gasteiger partial charge in [0.1, 0.15) is 11.6 Å². The molecule has 2 rings (SSSR count). The minimum Gasteiger partial charge on any atom is -0.508 e. The first-order valence-electron chi connectivity index (χ1n) is 6.79. The van der Waals surface area contributed by atoms with E-state index in [1.54, 1.807) is 18.2 Å². The number of nitrogens with one attached hydrogen (secondary N) is 1. The summed E-state index contributed by atoms with van der Waals surface area (Å²) in [6, 6.07) is 12.1. The normalized spacial score (nSPS) is 14.0. The van der Waals surface area contributed by atoms with Crippen molar-refractivity contribution in [3.8, 4) is 5.75 Å². The minimum atomic E-state index is -0.215. The second kappa shape index (κ2) is 6.06. The zero-order valence-electron chi connectivity index (χ0n) is 12.0. The van der Waals surface area contributed by atoms with Crippen LogP contribution in [0.5, 0.6) is 5.75 Å². The molecule has 0 aliphatic carbocycles. The highest BCUT2D eigenvalue weighted by Gasteiger charge is 2.16. The lowest BCUT2D eigenvalue weighted by Crippen LogP contribution is -2.23. The van der Waals surface area contributed by atoms with Crippen LogP contribution in [0.3, 0.4) is 0 Å². The fourth-order valence-electron chi connectivity index (χ4n) is 2.40. The average molecular weight is 273 g/mol. The van der Waals surface area contributed by atoms with Gasteiger partial charge in [0, 0.05) is 23.2 Å². The predicted octanol–water partition coefficient (Wildman–Crippen LogP) is 4.25. The highest BCUT2D eigenvalue weighted by Crippen LogP contribution is 2.27. The molecule has 20 heavy (non-hydrogen) atoms. The molecule has 0 fully saturated rings. The van der Waals surface area contributed by atoms with E-state index in [9.17, 15) is 9.50 Å². The molecule has 2 aromatic rings. The Morgan fingerprint density at radius 2 is 1.65 bits per heavy atom. The molecule has 0 bridgehead atoms. The van der Waals surface area contributed by atoms with E-state index in [1.807, 2.05) is 39.0 Å². The smallest absolute Gasteiger partial charge is 0.127 e. The van der Waals surface area contributed by atoms with Crippen LogP contribution in [0.4, 0.5) is 4.39 Å². The van der Waals surface area contributed by atoms with Crippen molar-refractivity contribution < 1.29 is 9.50 Å². The van der Waals surface area contributed by atoms with Crippen molar-refractivity contribution in [1.29, 1.82) is 0 Å². The van der Waals surface area contributed by atoms with Crippen molar-refractivity contribution in [2.75, 3.05) is 0 Å². The van der Waals surface area contributed by atoms with Gasteiger partial charge in [-0.15, -0.1) is 0 Å². The summed E-state index contributed by atoms with van der Waals surface area (Å²) in [5.41, 5.74) is 2.46. The number of aromatic hydroxyl groups is 1. The third kappa shape index (κ3) is 3.17. The van der Waals surface area contributed by atoms with E-state index in [0.717, 1.165) is 11.1 Å². The van der Waals surface area contributed by atoms with E-state index in [1.165, 1.54) is 6.07 Å². The molecular weight excluding hydrogens is 253 g/mol. The number of aryl methyl sites for hydroxylation is 1. The van der Waals surface area contributed by atoms with Crippen LogP contribution in [0.2, 0.25) is 0 Å². The Balaban J connectivity index is 2.15. The van der Waals surface area contributed by atoms with Crippen LogP contribution in [0.15, 0.2) is 42.5 Å². The molecule has 2 aromatic carbocycles. The van der Waals surface area contributed by atoms with Gasteiger partial charge in [0.05, 0.1) is 0 Å². The lowest BCUT2D eigenvalue weighted by atomic mass is 10.0. The van der Waals surface area contributed by atoms with Gasteiger partial charge < -0.3 is 10.4 Å².